The van der Waals surface area contributed by atoms with E-state index in [4.69, 9.17) is 0 Å². The quantitative estimate of drug-likeness (QED) is 0.631. The summed E-state index contributed by atoms with van der Waals surface area (Å²) < 4.78 is 0. The highest BCUT2D eigenvalue weighted by Crippen LogP contribution is 2.18. The maximum absolute atomic E-state index is 4.28. The molecule has 2 heteroatoms. The zero-order valence-electron chi connectivity index (χ0n) is 9.95. The second-order valence-corrected chi connectivity index (χ2v) is 4.21. The number of hydrogen-bond acceptors (Lipinski definition) is 2. The Kier molecular flexibility index (Phi) is 5.98. The molecule has 1 aromatic rings. The molecule has 0 aliphatic heterocycles. The van der Waals surface area contributed by atoms with Gasteiger partial charge in [-0.25, -0.2) is 9.97 Å². The van der Waals surface area contributed by atoms with Crippen LogP contribution in [-0.4, -0.2) is 9.97 Å². The lowest BCUT2D eigenvalue weighted by atomic mass is 10.0. The fourth-order valence-corrected chi connectivity index (χ4v) is 1.75. The Morgan fingerprint density at radius 2 is 1.73 bits per heavy atom. The minimum atomic E-state index is 0.507. The molecule has 1 heterocycles. The van der Waals surface area contributed by atoms with E-state index in [0.717, 1.165) is 5.82 Å². The van der Waals surface area contributed by atoms with Crippen LogP contribution in [0.25, 0.3) is 0 Å². The van der Waals surface area contributed by atoms with Gasteiger partial charge in [0.05, 0.1) is 0 Å². The molecule has 1 atom stereocenters. The summed E-state index contributed by atoms with van der Waals surface area (Å²) >= 11 is 0. The lowest BCUT2D eigenvalue weighted by Gasteiger charge is -2.08. The zero-order chi connectivity index (χ0) is 10.9. The van der Waals surface area contributed by atoms with Crippen LogP contribution in [-0.2, 0) is 0 Å². The summed E-state index contributed by atoms with van der Waals surface area (Å²) in [5, 5.41) is 0. The van der Waals surface area contributed by atoms with E-state index in [1.165, 1.54) is 38.5 Å². The van der Waals surface area contributed by atoms with E-state index in [2.05, 4.69) is 23.8 Å². The Morgan fingerprint density at radius 1 is 1.07 bits per heavy atom. The summed E-state index contributed by atoms with van der Waals surface area (Å²) in [5.74, 6) is 1.50. The topological polar surface area (TPSA) is 25.8 Å². The Hall–Kier alpha value is -0.920. The van der Waals surface area contributed by atoms with Gasteiger partial charge in [0.1, 0.15) is 5.82 Å². The number of nitrogens with zero attached hydrogens (tertiary/aromatic N) is 2. The van der Waals surface area contributed by atoms with Crippen LogP contribution in [0.3, 0.4) is 0 Å². The Bertz CT molecular complexity index is 246. The first-order chi connectivity index (χ1) is 7.34. The van der Waals surface area contributed by atoms with Gasteiger partial charge in [0, 0.05) is 18.3 Å². The van der Waals surface area contributed by atoms with E-state index in [1.807, 2.05) is 18.5 Å². The van der Waals surface area contributed by atoms with Crippen LogP contribution >= 0.6 is 0 Å². The van der Waals surface area contributed by atoms with Crippen LogP contribution in [0.15, 0.2) is 18.5 Å². The maximum atomic E-state index is 4.28. The highest BCUT2D eigenvalue weighted by atomic mass is 14.9. The van der Waals surface area contributed by atoms with Gasteiger partial charge < -0.3 is 0 Å². The smallest absolute Gasteiger partial charge is 0.130 e. The van der Waals surface area contributed by atoms with Crippen LogP contribution in [0.1, 0.15) is 64.1 Å². The Labute approximate surface area is 93.2 Å². The molecule has 0 saturated carbocycles. The van der Waals surface area contributed by atoms with Crippen molar-refractivity contribution in [2.45, 2.75) is 58.3 Å². The molecular weight excluding hydrogens is 184 g/mol. The molecular formula is C13H22N2. The van der Waals surface area contributed by atoms with E-state index < -0.39 is 0 Å². The van der Waals surface area contributed by atoms with Crippen molar-refractivity contribution in [3.63, 3.8) is 0 Å². The van der Waals surface area contributed by atoms with Gasteiger partial charge in [-0.1, -0.05) is 46.0 Å². The number of rotatable bonds is 7. The molecule has 1 rings (SSSR count). The first kappa shape index (κ1) is 12.2. The summed E-state index contributed by atoms with van der Waals surface area (Å²) in [7, 11) is 0. The number of unbranched alkanes of at least 4 members (excludes halogenated alkanes) is 4. The fourth-order valence-electron chi connectivity index (χ4n) is 1.75. The molecule has 0 spiro atoms. The molecule has 15 heavy (non-hydrogen) atoms. The molecule has 84 valence electrons. The third-order valence-corrected chi connectivity index (χ3v) is 2.77. The average Bonchev–Trinajstić information content (AvgIpc) is 2.30. The summed E-state index contributed by atoms with van der Waals surface area (Å²) in [5.41, 5.74) is 0. The largest absolute Gasteiger partial charge is 0.241 e. The van der Waals surface area contributed by atoms with Gasteiger partial charge in [-0.3, -0.25) is 0 Å². The number of aromatic nitrogens is 2. The first-order valence-corrected chi connectivity index (χ1v) is 6.11. The number of hydrogen-bond donors (Lipinski definition) is 0. The van der Waals surface area contributed by atoms with Crippen molar-refractivity contribution < 1.29 is 0 Å². The van der Waals surface area contributed by atoms with Gasteiger partial charge >= 0.3 is 0 Å². The molecule has 0 radical (unpaired) electrons. The second-order valence-electron chi connectivity index (χ2n) is 4.21. The van der Waals surface area contributed by atoms with E-state index in [0.29, 0.717) is 5.92 Å². The minimum Gasteiger partial charge on any atom is -0.241 e. The average molecular weight is 206 g/mol. The van der Waals surface area contributed by atoms with Crippen LogP contribution in [0.2, 0.25) is 0 Å². The highest BCUT2D eigenvalue weighted by Gasteiger charge is 2.06. The van der Waals surface area contributed by atoms with Gasteiger partial charge in [0.15, 0.2) is 0 Å². The Morgan fingerprint density at radius 3 is 2.40 bits per heavy atom. The molecule has 0 bridgehead atoms. The van der Waals surface area contributed by atoms with Crippen LogP contribution in [0.5, 0.6) is 0 Å². The minimum absolute atomic E-state index is 0.507. The predicted molar refractivity (Wildman–Crippen MR) is 63.8 cm³/mol. The molecule has 0 aliphatic rings. The predicted octanol–water partition coefficient (Wildman–Crippen LogP) is 3.94. The third-order valence-electron chi connectivity index (χ3n) is 2.77. The van der Waals surface area contributed by atoms with Gasteiger partial charge in [-0.05, 0) is 12.5 Å². The van der Waals surface area contributed by atoms with Crippen LogP contribution in [0.4, 0.5) is 0 Å². The van der Waals surface area contributed by atoms with Gasteiger partial charge in [0.25, 0.3) is 0 Å². The SMILES string of the molecule is CCCCCCCC(C)c1ncccn1. The van der Waals surface area contributed by atoms with E-state index in [-0.39, 0.29) is 0 Å². The Balaban J connectivity index is 2.16. The first-order valence-electron chi connectivity index (χ1n) is 6.11. The second kappa shape index (κ2) is 7.38. The van der Waals surface area contributed by atoms with Crippen LogP contribution in [0, 0.1) is 0 Å². The van der Waals surface area contributed by atoms with Crippen molar-refractivity contribution in [1.29, 1.82) is 0 Å². The van der Waals surface area contributed by atoms with E-state index >= 15 is 0 Å². The normalized spacial score (nSPS) is 12.7. The monoisotopic (exact) mass is 206 g/mol. The molecule has 0 saturated heterocycles. The molecule has 0 aromatic carbocycles. The summed E-state index contributed by atoms with van der Waals surface area (Å²) in [6.45, 7) is 4.47. The van der Waals surface area contributed by atoms with Crippen molar-refractivity contribution in [1.82, 2.24) is 9.97 Å². The lowest BCUT2D eigenvalue weighted by molar-refractivity contribution is 0.551. The zero-order valence-corrected chi connectivity index (χ0v) is 9.95. The van der Waals surface area contributed by atoms with Crippen molar-refractivity contribution in [3.05, 3.63) is 24.3 Å². The van der Waals surface area contributed by atoms with Crippen molar-refractivity contribution in [2.75, 3.05) is 0 Å². The maximum Gasteiger partial charge on any atom is 0.130 e. The molecule has 1 unspecified atom stereocenters. The standard InChI is InChI=1S/C13H22N2/c1-3-4-5-6-7-9-12(2)13-14-10-8-11-15-13/h8,10-12H,3-7,9H2,1-2H3. The lowest BCUT2D eigenvalue weighted by Crippen LogP contribution is -1.99. The van der Waals surface area contributed by atoms with Crippen molar-refractivity contribution in [2.24, 2.45) is 0 Å². The molecule has 0 aliphatic carbocycles. The molecule has 2 nitrogen and oxygen atoms in total. The molecule has 1 aromatic heterocycles. The van der Waals surface area contributed by atoms with Crippen LogP contribution < -0.4 is 0 Å². The summed E-state index contributed by atoms with van der Waals surface area (Å²) in [6, 6.07) is 1.87. The van der Waals surface area contributed by atoms with Gasteiger partial charge in [-0.15, -0.1) is 0 Å². The molecule has 0 amide bonds. The van der Waals surface area contributed by atoms with Gasteiger partial charge in [-0.2, -0.15) is 0 Å². The summed E-state index contributed by atoms with van der Waals surface area (Å²) in [4.78, 5) is 8.57. The molecule has 0 fully saturated rings. The van der Waals surface area contributed by atoms with Crippen molar-refractivity contribution >= 4 is 0 Å². The highest BCUT2D eigenvalue weighted by molar-refractivity contribution is 4.94. The van der Waals surface area contributed by atoms with E-state index in [9.17, 15) is 0 Å². The fraction of sp³-hybridized carbons (Fsp3) is 0.692. The van der Waals surface area contributed by atoms with Gasteiger partial charge in [0.2, 0.25) is 0 Å². The molecule has 0 N–H and O–H groups in total. The van der Waals surface area contributed by atoms with E-state index in [1.54, 1.807) is 0 Å². The van der Waals surface area contributed by atoms with Crippen molar-refractivity contribution in [3.8, 4) is 0 Å². The summed E-state index contributed by atoms with van der Waals surface area (Å²) in [6.07, 6.45) is 11.6. The third kappa shape index (κ3) is 4.91.